The molecule has 0 bridgehead atoms. The van der Waals surface area contributed by atoms with Crippen molar-refractivity contribution in [3.05, 3.63) is 125 Å². The van der Waals surface area contributed by atoms with Crippen LogP contribution in [0.3, 0.4) is 0 Å². The number of hydrazone groups is 1. The molecule has 1 amide bonds. The molecule has 0 atom stereocenters. The number of nitrogens with zero attached hydrogens (tertiary/aromatic N) is 2. The van der Waals surface area contributed by atoms with Gasteiger partial charge < -0.3 is 0 Å². The van der Waals surface area contributed by atoms with Crippen molar-refractivity contribution in [1.82, 2.24) is 5.43 Å². The van der Waals surface area contributed by atoms with Crippen LogP contribution in [0.15, 0.2) is 108 Å². The maximum Gasteiger partial charge on any atom is 0.271 e. The molecule has 0 radical (unpaired) electrons. The van der Waals surface area contributed by atoms with E-state index in [0.717, 1.165) is 38.2 Å². The number of anilines is 1. The third-order valence-electron chi connectivity index (χ3n) is 6.44. The molecule has 6 nitrogen and oxygen atoms in total. The number of benzene rings is 5. The van der Waals surface area contributed by atoms with Crippen molar-refractivity contribution in [3.63, 3.8) is 0 Å². The summed E-state index contributed by atoms with van der Waals surface area (Å²) in [6.07, 6.45) is 2.84. The average molecular weight is 522 g/mol. The van der Waals surface area contributed by atoms with Crippen molar-refractivity contribution < 1.29 is 13.2 Å². The van der Waals surface area contributed by atoms with Crippen LogP contribution in [0, 0.1) is 6.92 Å². The Morgan fingerprint density at radius 2 is 1.42 bits per heavy atom. The molecular formula is C31H27N3O3S. The van der Waals surface area contributed by atoms with E-state index < -0.39 is 10.0 Å². The Labute approximate surface area is 222 Å². The van der Waals surface area contributed by atoms with Gasteiger partial charge in [-0.15, -0.1) is 0 Å². The third-order valence-corrected chi connectivity index (χ3v) is 7.58. The topological polar surface area (TPSA) is 78.8 Å². The lowest BCUT2D eigenvalue weighted by atomic mass is 9.97. The van der Waals surface area contributed by atoms with Gasteiger partial charge in [0.1, 0.15) is 0 Å². The van der Waals surface area contributed by atoms with Crippen molar-refractivity contribution >= 4 is 49.4 Å². The van der Waals surface area contributed by atoms with E-state index in [2.05, 4.69) is 28.7 Å². The first-order chi connectivity index (χ1) is 18.3. The van der Waals surface area contributed by atoms with Crippen LogP contribution in [-0.4, -0.2) is 26.8 Å². The zero-order valence-corrected chi connectivity index (χ0v) is 21.9. The minimum Gasteiger partial charge on any atom is -0.267 e. The average Bonchev–Trinajstić information content (AvgIpc) is 2.91. The fraction of sp³-hybridized carbons (Fsp3) is 0.0968. The summed E-state index contributed by atoms with van der Waals surface area (Å²) in [4.78, 5) is 12.8. The molecule has 5 aromatic rings. The molecule has 0 aliphatic carbocycles. The smallest absolute Gasteiger partial charge is 0.267 e. The largest absolute Gasteiger partial charge is 0.271 e. The fourth-order valence-corrected chi connectivity index (χ4v) is 5.33. The summed E-state index contributed by atoms with van der Waals surface area (Å²) in [7, 11) is -3.53. The molecule has 0 spiro atoms. The predicted octanol–water partition coefficient (Wildman–Crippen LogP) is 6.03. The second kappa shape index (κ2) is 10.5. The molecule has 190 valence electrons. The van der Waals surface area contributed by atoms with E-state index in [1.807, 2.05) is 67.6 Å². The van der Waals surface area contributed by atoms with E-state index in [-0.39, 0.29) is 12.5 Å². The first-order valence-corrected chi connectivity index (χ1v) is 14.0. The lowest BCUT2D eigenvalue weighted by molar-refractivity contribution is 0.0955. The summed E-state index contributed by atoms with van der Waals surface area (Å²) in [5, 5.41) is 8.52. The highest BCUT2D eigenvalue weighted by Crippen LogP contribution is 2.27. The Morgan fingerprint density at radius 1 is 0.842 bits per heavy atom. The maximum absolute atomic E-state index is 12.8. The van der Waals surface area contributed by atoms with Crippen LogP contribution < -0.4 is 9.73 Å². The number of hydrogen-bond donors (Lipinski definition) is 1. The predicted molar refractivity (Wildman–Crippen MR) is 155 cm³/mol. The fourth-order valence-electron chi connectivity index (χ4n) is 4.45. The highest BCUT2D eigenvalue weighted by atomic mass is 32.2. The van der Waals surface area contributed by atoms with Crippen molar-refractivity contribution in [2.75, 3.05) is 10.6 Å². The van der Waals surface area contributed by atoms with Crippen molar-refractivity contribution in [1.29, 1.82) is 0 Å². The van der Waals surface area contributed by atoms with Gasteiger partial charge in [0.15, 0.2) is 0 Å². The summed E-state index contributed by atoms with van der Waals surface area (Å²) >= 11 is 0. The third kappa shape index (κ3) is 5.43. The second-order valence-corrected chi connectivity index (χ2v) is 11.1. The van der Waals surface area contributed by atoms with Gasteiger partial charge >= 0.3 is 0 Å². The quantitative estimate of drug-likeness (QED) is 0.161. The molecule has 5 rings (SSSR count). The normalized spacial score (nSPS) is 11.7. The van der Waals surface area contributed by atoms with E-state index in [1.54, 1.807) is 30.5 Å². The molecule has 0 aliphatic rings. The number of hydrogen-bond acceptors (Lipinski definition) is 4. The van der Waals surface area contributed by atoms with Crippen LogP contribution in [0.2, 0.25) is 0 Å². The highest BCUT2D eigenvalue weighted by molar-refractivity contribution is 7.92. The molecule has 0 fully saturated rings. The highest BCUT2D eigenvalue weighted by Gasteiger charge is 2.18. The molecule has 0 saturated carbocycles. The molecule has 0 heterocycles. The van der Waals surface area contributed by atoms with Crippen LogP contribution in [-0.2, 0) is 16.6 Å². The van der Waals surface area contributed by atoms with Gasteiger partial charge in [-0.1, -0.05) is 78.4 Å². The van der Waals surface area contributed by atoms with E-state index in [1.165, 1.54) is 10.6 Å². The van der Waals surface area contributed by atoms with E-state index in [0.29, 0.717) is 11.3 Å². The Bertz CT molecular complexity index is 1710. The standard InChI is InChI=1S/C31H27N3O3S/c1-22-11-13-23(14-12-22)21-34(38(2,36)37)27-17-15-24(16-18-27)31(35)33-32-20-30-28-9-5-3-7-25(28)19-26-8-4-6-10-29(26)30/h3-20H,21H2,1-2H3,(H,33,35)/b32-20-. The Balaban J connectivity index is 1.35. The summed E-state index contributed by atoms with van der Waals surface area (Å²) in [5.41, 5.74) is 6.36. The minimum absolute atomic E-state index is 0.202. The molecule has 0 unspecified atom stereocenters. The summed E-state index contributed by atoms with van der Waals surface area (Å²) in [5.74, 6) is -0.387. The molecule has 38 heavy (non-hydrogen) atoms. The number of carbonyl (C=O) groups is 1. The number of rotatable bonds is 7. The first-order valence-electron chi connectivity index (χ1n) is 12.2. The number of amides is 1. The number of carbonyl (C=O) groups excluding carboxylic acids is 1. The van der Waals surface area contributed by atoms with E-state index in [9.17, 15) is 13.2 Å². The summed E-state index contributed by atoms with van der Waals surface area (Å²) < 4.78 is 26.3. The van der Waals surface area contributed by atoms with Crippen LogP contribution in [0.5, 0.6) is 0 Å². The van der Waals surface area contributed by atoms with Gasteiger partial charge in [-0.25, -0.2) is 13.8 Å². The van der Waals surface area contributed by atoms with Gasteiger partial charge in [-0.3, -0.25) is 9.10 Å². The Hall–Kier alpha value is -4.49. The number of aryl methyl sites for hydroxylation is 1. The van der Waals surface area contributed by atoms with Crippen molar-refractivity contribution in [3.8, 4) is 0 Å². The van der Waals surface area contributed by atoms with Gasteiger partial charge in [-0.2, -0.15) is 5.10 Å². The zero-order valence-electron chi connectivity index (χ0n) is 21.1. The molecule has 0 aromatic heterocycles. The monoisotopic (exact) mass is 521 g/mol. The summed E-state index contributed by atoms with van der Waals surface area (Å²) in [6.45, 7) is 2.18. The van der Waals surface area contributed by atoms with Crippen LogP contribution in [0.1, 0.15) is 27.0 Å². The molecule has 1 N–H and O–H groups in total. The minimum atomic E-state index is -3.53. The van der Waals surface area contributed by atoms with E-state index >= 15 is 0 Å². The van der Waals surface area contributed by atoms with Gasteiger partial charge in [0.2, 0.25) is 10.0 Å². The Kier molecular flexibility index (Phi) is 6.94. The van der Waals surface area contributed by atoms with Crippen LogP contribution in [0.4, 0.5) is 5.69 Å². The number of nitrogens with one attached hydrogen (secondary N) is 1. The molecule has 0 aliphatic heterocycles. The molecule has 5 aromatic carbocycles. The van der Waals surface area contributed by atoms with Gasteiger partial charge in [-0.05, 0) is 64.4 Å². The summed E-state index contributed by atoms with van der Waals surface area (Å²) in [6, 6.07) is 32.4. The zero-order chi connectivity index (χ0) is 26.7. The maximum atomic E-state index is 12.8. The van der Waals surface area contributed by atoms with Crippen LogP contribution in [0.25, 0.3) is 21.5 Å². The first kappa shape index (κ1) is 25.2. The molecule has 0 saturated heterocycles. The number of fused-ring (bicyclic) bond motifs is 2. The number of sulfonamides is 1. The van der Waals surface area contributed by atoms with Crippen molar-refractivity contribution in [2.24, 2.45) is 5.10 Å². The van der Waals surface area contributed by atoms with Gasteiger partial charge in [0.25, 0.3) is 5.91 Å². The van der Waals surface area contributed by atoms with Gasteiger partial charge in [0.05, 0.1) is 24.7 Å². The second-order valence-electron chi connectivity index (χ2n) is 9.23. The van der Waals surface area contributed by atoms with Crippen molar-refractivity contribution in [2.45, 2.75) is 13.5 Å². The lowest BCUT2D eigenvalue weighted by Crippen LogP contribution is -2.29. The van der Waals surface area contributed by atoms with E-state index in [4.69, 9.17) is 0 Å². The SMILES string of the molecule is Cc1ccc(CN(c2ccc(C(=O)N/N=C\c3c4ccccc4cc4ccccc34)cc2)S(C)(=O)=O)cc1. The van der Waals surface area contributed by atoms with Crippen LogP contribution >= 0.6 is 0 Å². The molecular weight excluding hydrogens is 494 g/mol. The Morgan fingerprint density at radius 3 is 2.00 bits per heavy atom. The van der Waals surface area contributed by atoms with Gasteiger partial charge in [0, 0.05) is 11.1 Å². The lowest BCUT2D eigenvalue weighted by Gasteiger charge is -2.22. The molecule has 7 heteroatoms.